The van der Waals surface area contributed by atoms with Gasteiger partial charge in [-0.25, -0.2) is 0 Å². The largest absolute Gasteiger partial charge is 0.388 e. The average Bonchev–Trinajstić information content (AvgIpc) is 2.16. The molecule has 1 aromatic rings. The van der Waals surface area contributed by atoms with E-state index in [2.05, 4.69) is 37.2 Å². The van der Waals surface area contributed by atoms with Crippen molar-refractivity contribution in [2.24, 2.45) is 0 Å². The quantitative estimate of drug-likeness (QED) is 0.857. The molecule has 0 radical (unpaired) electrons. The van der Waals surface area contributed by atoms with Crippen molar-refractivity contribution in [3.05, 3.63) is 26.6 Å². The summed E-state index contributed by atoms with van der Waals surface area (Å²) in [5, 5.41) is 13.2. The molecule has 90 valence electrons. The van der Waals surface area contributed by atoms with E-state index in [0.29, 0.717) is 6.54 Å². The molecule has 0 aliphatic rings. The van der Waals surface area contributed by atoms with Gasteiger partial charge in [0.05, 0.1) is 11.3 Å². The summed E-state index contributed by atoms with van der Waals surface area (Å²) in [4.78, 5) is 0. The minimum Gasteiger partial charge on any atom is -0.388 e. The number of rotatable bonds is 4. The highest BCUT2D eigenvalue weighted by atomic mass is 79.9. The molecule has 2 nitrogen and oxygen atoms in total. The van der Waals surface area contributed by atoms with E-state index in [1.807, 2.05) is 32.9 Å². The maximum atomic E-state index is 9.93. The fourth-order valence-corrected chi connectivity index (χ4v) is 2.97. The summed E-state index contributed by atoms with van der Waals surface area (Å²) < 4.78 is 2.01. The first-order chi connectivity index (χ1) is 7.35. The summed E-state index contributed by atoms with van der Waals surface area (Å²) in [6.45, 7) is 6.38. The third-order valence-corrected chi connectivity index (χ3v) is 3.84. The lowest BCUT2D eigenvalue weighted by atomic mass is 10.0. The van der Waals surface area contributed by atoms with E-state index in [-0.39, 0.29) is 0 Å². The molecule has 0 aromatic heterocycles. The maximum Gasteiger partial charge on any atom is 0.0788 e. The molecular weight excluding hydrogens is 334 g/mol. The zero-order chi connectivity index (χ0) is 12.3. The first kappa shape index (κ1) is 14.0. The second-order valence-electron chi connectivity index (χ2n) is 4.31. The van der Waals surface area contributed by atoms with Gasteiger partial charge in [0.1, 0.15) is 0 Å². The number of halogens is 2. The molecule has 0 saturated heterocycles. The van der Waals surface area contributed by atoms with Crippen molar-refractivity contribution >= 4 is 37.5 Å². The normalized spacial score (nSPS) is 14.6. The van der Waals surface area contributed by atoms with Gasteiger partial charge < -0.3 is 10.4 Å². The summed E-state index contributed by atoms with van der Waals surface area (Å²) in [6.07, 6.45) is 0.723. The second kappa shape index (κ2) is 5.52. The molecule has 1 aromatic carbocycles. The number of hydrogen-bond donors (Lipinski definition) is 2. The van der Waals surface area contributed by atoms with Crippen molar-refractivity contribution in [2.45, 2.75) is 32.8 Å². The van der Waals surface area contributed by atoms with Gasteiger partial charge in [0.15, 0.2) is 0 Å². The van der Waals surface area contributed by atoms with Crippen molar-refractivity contribution in [1.29, 1.82) is 0 Å². The van der Waals surface area contributed by atoms with E-state index in [1.54, 1.807) is 0 Å². The van der Waals surface area contributed by atoms with E-state index < -0.39 is 5.60 Å². The van der Waals surface area contributed by atoms with Gasteiger partial charge in [-0.3, -0.25) is 0 Å². The molecule has 0 aliphatic carbocycles. The van der Waals surface area contributed by atoms with Crippen LogP contribution in [0.25, 0.3) is 0 Å². The SMILES string of the molecule is CCC(C)(O)CNc1c(Br)cc(C)cc1Br. The van der Waals surface area contributed by atoms with Crippen LogP contribution >= 0.6 is 31.9 Å². The molecule has 0 aliphatic heterocycles. The van der Waals surface area contributed by atoms with Gasteiger partial charge >= 0.3 is 0 Å². The van der Waals surface area contributed by atoms with Crippen LogP contribution in [-0.4, -0.2) is 17.3 Å². The first-order valence-electron chi connectivity index (χ1n) is 5.27. The van der Waals surface area contributed by atoms with Crippen LogP contribution in [0.15, 0.2) is 21.1 Å². The van der Waals surface area contributed by atoms with Gasteiger partial charge in [0.25, 0.3) is 0 Å². The van der Waals surface area contributed by atoms with Crippen LogP contribution in [0, 0.1) is 6.92 Å². The summed E-state index contributed by atoms with van der Waals surface area (Å²) in [5.74, 6) is 0. The monoisotopic (exact) mass is 349 g/mol. The zero-order valence-corrected chi connectivity index (χ0v) is 12.9. The summed E-state index contributed by atoms with van der Waals surface area (Å²) in [7, 11) is 0. The Hall–Kier alpha value is -0.0600. The molecule has 0 spiro atoms. The lowest BCUT2D eigenvalue weighted by molar-refractivity contribution is 0.0697. The third kappa shape index (κ3) is 3.75. The van der Waals surface area contributed by atoms with Gasteiger partial charge in [-0.2, -0.15) is 0 Å². The van der Waals surface area contributed by atoms with Crippen LogP contribution in [0.2, 0.25) is 0 Å². The minimum atomic E-state index is -0.677. The van der Waals surface area contributed by atoms with E-state index in [4.69, 9.17) is 0 Å². The molecular formula is C12H17Br2NO. The van der Waals surface area contributed by atoms with Gasteiger partial charge in [0, 0.05) is 15.5 Å². The number of nitrogens with one attached hydrogen (secondary N) is 1. The second-order valence-corrected chi connectivity index (χ2v) is 6.02. The molecule has 0 amide bonds. The van der Waals surface area contributed by atoms with Crippen LogP contribution in [-0.2, 0) is 0 Å². The number of hydrogen-bond acceptors (Lipinski definition) is 2. The van der Waals surface area contributed by atoms with Gasteiger partial charge in [-0.1, -0.05) is 6.92 Å². The lowest BCUT2D eigenvalue weighted by Crippen LogP contribution is -2.32. The number of anilines is 1. The molecule has 0 heterocycles. The number of aliphatic hydroxyl groups is 1. The maximum absolute atomic E-state index is 9.93. The van der Waals surface area contributed by atoms with Crippen LogP contribution in [0.5, 0.6) is 0 Å². The fourth-order valence-electron chi connectivity index (χ4n) is 1.27. The number of aryl methyl sites for hydroxylation is 1. The molecule has 1 rings (SSSR count). The van der Waals surface area contributed by atoms with Crippen molar-refractivity contribution < 1.29 is 5.11 Å². The number of benzene rings is 1. The Morgan fingerprint density at radius 1 is 1.31 bits per heavy atom. The van der Waals surface area contributed by atoms with Gasteiger partial charge in [-0.15, -0.1) is 0 Å². The van der Waals surface area contributed by atoms with Crippen molar-refractivity contribution in [3.63, 3.8) is 0 Å². The Kier molecular flexibility index (Phi) is 4.83. The average molecular weight is 351 g/mol. The Balaban J connectivity index is 2.82. The van der Waals surface area contributed by atoms with Crippen LogP contribution < -0.4 is 5.32 Å². The predicted molar refractivity (Wildman–Crippen MR) is 76.0 cm³/mol. The predicted octanol–water partition coefficient (Wildman–Crippen LogP) is 4.09. The lowest BCUT2D eigenvalue weighted by Gasteiger charge is -2.23. The highest BCUT2D eigenvalue weighted by Crippen LogP contribution is 2.32. The Morgan fingerprint density at radius 3 is 2.25 bits per heavy atom. The molecule has 16 heavy (non-hydrogen) atoms. The Morgan fingerprint density at radius 2 is 1.81 bits per heavy atom. The molecule has 0 bridgehead atoms. The van der Waals surface area contributed by atoms with E-state index in [9.17, 15) is 5.11 Å². The van der Waals surface area contributed by atoms with Crippen molar-refractivity contribution in [2.75, 3.05) is 11.9 Å². The smallest absolute Gasteiger partial charge is 0.0788 e. The van der Waals surface area contributed by atoms with Crippen molar-refractivity contribution in [3.8, 4) is 0 Å². The Labute approximate surface area is 114 Å². The summed E-state index contributed by atoms with van der Waals surface area (Å²) in [5.41, 5.74) is 1.50. The molecule has 2 N–H and O–H groups in total. The summed E-state index contributed by atoms with van der Waals surface area (Å²) in [6, 6.07) is 4.10. The first-order valence-corrected chi connectivity index (χ1v) is 6.86. The van der Waals surface area contributed by atoms with Crippen LogP contribution in [0.1, 0.15) is 25.8 Å². The van der Waals surface area contributed by atoms with Gasteiger partial charge in [0.2, 0.25) is 0 Å². The molecule has 1 atom stereocenters. The molecule has 1 unspecified atom stereocenters. The van der Waals surface area contributed by atoms with Crippen molar-refractivity contribution in [1.82, 2.24) is 0 Å². The Bertz CT molecular complexity index is 354. The van der Waals surface area contributed by atoms with E-state index in [0.717, 1.165) is 21.1 Å². The molecule has 0 fully saturated rings. The summed E-state index contributed by atoms with van der Waals surface area (Å²) >= 11 is 7.03. The van der Waals surface area contributed by atoms with Crippen LogP contribution in [0.4, 0.5) is 5.69 Å². The van der Waals surface area contributed by atoms with E-state index in [1.165, 1.54) is 5.56 Å². The van der Waals surface area contributed by atoms with E-state index >= 15 is 0 Å². The fraction of sp³-hybridized carbons (Fsp3) is 0.500. The third-order valence-electron chi connectivity index (χ3n) is 2.59. The standard InChI is InChI=1S/C12H17Br2NO/c1-4-12(3,16)7-15-11-9(13)5-8(2)6-10(11)14/h5-6,15-16H,4,7H2,1-3H3. The highest BCUT2D eigenvalue weighted by Gasteiger charge is 2.18. The molecule has 0 saturated carbocycles. The van der Waals surface area contributed by atoms with Crippen LogP contribution in [0.3, 0.4) is 0 Å². The van der Waals surface area contributed by atoms with Gasteiger partial charge in [-0.05, 0) is 69.8 Å². The highest BCUT2D eigenvalue weighted by molar-refractivity contribution is 9.11. The zero-order valence-electron chi connectivity index (χ0n) is 9.77. The molecule has 4 heteroatoms. The topological polar surface area (TPSA) is 32.3 Å². The minimum absolute atomic E-state index is 0.532.